The average Bonchev–Trinajstić information content (AvgIpc) is 3.72. The zero-order valence-corrected chi connectivity index (χ0v) is 20.9. The minimum atomic E-state index is -3.62. The van der Waals surface area contributed by atoms with Gasteiger partial charge < -0.3 is 10.0 Å². The molecule has 1 heterocycles. The van der Waals surface area contributed by atoms with E-state index in [1.54, 1.807) is 11.0 Å². The van der Waals surface area contributed by atoms with Gasteiger partial charge in [0.1, 0.15) is 23.1 Å². The van der Waals surface area contributed by atoms with E-state index in [4.69, 9.17) is 0 Å². The van der Waals surface area contributed by atoms with Crippen LogP contribution < -0.4 is 4.72 Å². The number of fused-ring (bicyclic) bond motifs is 1. The van der Waals surface area contributed by atoms with Crippen LogP contribution >= 0.6 is 0 Å². The molecule has 0 aromatic heterocycles. The van der Waals surface area contributed by atoms with Gasteiger partial charge in [-0.1, -0.05) is 18.2 Å². The summed E-state index contributed by atoms with van der Waals surface area (Å²) in [6.45, 7) is 3.00. The highest BCUT2D eigenvalue weighted by molar-refractivity contribution is 7.89. The lowest BCUT2D eigenvalue weighted by Crippen LogP contribution is -2.56. The third kappa shape index (κ3) is 4.54. The van der Waals surface area contributed by atoms with Crippen molar-refractivity contribution in [3.8, 4) is 11.1 Å². The predicted molar refractivity (Wildman–Crippen MR) is 128 cm³/mol. The van der Waals surface area contributed by atoms with Gasteiger partial charge in [-0.3, -0.25) is 4.79 Å². The summed E-state index contributed by atoms with van der Waals surface area (Å²) in [6, 6.07) is 5.69. The van der Waals surface area contributed by atoms with Crippen LogP contribution in [0.2, 0.25) is 0 Å². The van der Waals surface area contributed by atoms with E-state index in [-0.39, 0.29) is 46.7 Å². The highest BCUT2D eigenvalue weighted by Gasteiger charge is 2.63. The number of likely N-dealkylation sites (tertiary alicyclic amines) is 1. The van der Waals surface area contributed by atoms with Crippen LogP contribution in [0.25, 0.3) is 11.1 Å². The maximum absolute atomic E-state index is 15.7. The average molecular weight is 523 g/mol. The molecule has 2 aliphatic carbocycles. The number of rotatable bonds is 8. The van der Waals surface area contributed by atoms with Crippen molar-refractivity contribution in [2.45, 2.75) is 63.3 Å². The van der Waals surface area contributed by atoms with Crippen molar-refractivity contribution in [1.29, 1.82) is 0 Å². The first-order chi connectivity index (χ1) is 16.9. The van der Waals surface area contributed by atoms with Crippen molar-refractivity contribution >= 4 is 15.9 Å². The first-order valence-corrected chi connectivity index (χ1v) is 13.9. The Morgan fingerprint density at radius 1 is 1.17 bits per heavy atom. The number of hydrogen-bond donors (Lipinski definition) is 2. The van der Waals surface area contributed by atoms with Gasteiger partial charge >= 0.3 is 0 Å². The second-order valence-corrected chi connectivity index (χ2v) is 12.4. The zero-order valence-electron chi connectivity index (χ0n) is 20.0. The van der Waals surface area contributed by atoms with Crippen molar-refractivity contribution in [1.82, 2.24) is 9.62 Å². The molecule has 3 fully saturated rings. The largest absolute Gasteiger partial charge is 0.380 e. The van der Waals surface area contributed by atoms with Crippen LogP contribution in [0.4, 0.5) is 13.2 Å². The van der Waals surface area contributed by atoms with Crippen molar-refractivity contribution in [3.05, 3.63) is 59.4 Å². The monoisotopic (exact) mass is 522 g/mol. The summed E-state index contributed by atoms with van der Waals surface area (Å²) in [7, 11) is -3.62. The number of carbonyl (C=O) groups excluding carboxylic acids is 1. The quantitative estimate of drug-likeness (QED) is 0.557. The third-order valence-electron chi connectivity index (χ3n) is 7.81. The molecule has 2 aromatic rings. The molecule has 10 heteroatoms. The SMILES string of the molecule is CCS(=O)(=O)N[C@@H]1[C@H]2C[C@H]2N(C(=O)C(C)(O)C2CC2)[C@@H]1Cc1cccc(-c2cc(F)cc(F)c2)c1F. The second kappa shape index (κ2) is 8.85. The van der Waals surface area contributed by atoms with Crippen LogP contribution in [0.3, 0.4) is 0 Å². The molecular weight excluding hydrogens is 493 g/mol. The third-order valence-corrected chi connectivity index (χ3v) is 9.20. The predicted octanol–water partition coefficient (Wildman–Crippen LogP) is 3.38. The van der Waals surface area contributed by atoms with Gasteiger partial charge in [0.15, 0.2) is 0 Å². The molecule has 36 heavy (non-hydrogen) atoms. The number of nitrogens with zero attached hydrogens (tertiary/aromatic N) is 1. The lowest BCUT2D eigenvalue weighted by Gasteiger charge is -2.37. The van der Waals surface area contributed by atoms with E-state index in [0.717, 1.165) is 25.0 Å². The molecule has 6 nitrogen and oxygen atoms in total. The van der Waals surface area contributed by atoms with Crippen molar-refractivity contribution in [3.63, 3.8) is 0 Å². The van der Waals surface area contributed by atoms with Crippen molar-refractivity contribution in [2.75, 3.05) is 5.75 Å². The maximum Gasteiger partial charge on any atom is 0.255 e. The zero-order chi connectivity index (χ0) is 26.0. The Labute approximate surface area is 208 Å². The Bertz CT molecular complexity index is 1290. The molecule has 0 radical (unpaired) electrons. The lowest BCUT2D eigenvalue weighted by molar-refractivity contribution is -0.154. The molecule has 5 rings (SSSR count). The van der Waals surface area contributed by atoms with E-state index in [1.165, 1.54) is 26.0 Å². The van der Waals surface area contributed by atoms with Gasteiger partial charge in [0.25, 0.3) is 5.91 Å². The maximum atomic E-state index is 15.7. The molecule has 3 aliphatic rings. The van der Waals surface area contributed by atoms with Gasteiger partial charge in [0, 0.05) is 23.7 Å². The fourth-order valence-corrected chi connectivity index (χ4v) is 6.48. The molecule has 194 valence electrons. The first-order valence-electron chi connectivity index (χ1n) is 12.2. The number of sulfonamides is 1. The molecule has 1 unspecified atom stereocenters. The molecule has 2 saturated carbocycles. The number of benzene rings is 2. The van der Waals surface area contributed by atoms with Crippen LogP contribution in [-0.2, 0) is 21.2 Å². The van der Waals surface area contributed by atoms with Gasteiger partial charge in [-0.25, -0.2) is 26.3 Å². The van der Waals surface area contributed by atoms with Crippen LogP contribution in [-0.4, -0.2) is 53.8 Å². The van der Waals surface area contributed by atoms with Crippen molar-refractivity contribution in [2.24, 2.45) is 11.8 Å². The number of nitrogens with one attached hydrogen (secondary N) is 1. The number of piperidine rings is 1. The summed E-state index contributed by atoms with van der Waals surface area (Å²) in [5, 5.41) is 11.0. The Kier molecular flexibility index (Phi) is 6.20. The van der Waals surface area contributed by atoms with Gasteiger partial charge in [0.05, 0.1) is 11.8 Å². The van der Waals surface area contributed by atoms with E-state index in [2.05, 4.69) is 4.72 Å². The highest BCUT2D eigenvalue weighted by Crippen LogP contribution is 2.51. The molecule has 1 aliphatic heterocycles. The molecule has 0 bridgehead atoms. The summed E-state index contributed by atoms with van der Waals surface area (Å²) in [5.41, 5.74) is -1.35. The molecule has 2 aromatic carbocycles. The number of halogens is 3. The smallest absolute Gasteiger partial charge is 0.255 e. The number of aliphatic hydroxyl groups is 1. The molecular formula is C26H29F3N2O4S. The first kappa shape index (κ1) is 25.2. The van der Waals surface area contributed by atoms with Gasteiger partial charge in [-0.2, -0.15) is 0 Å². The summed E-state index contributed by atoms with van der Waals surface area (Å²) < 4.78 is 70.9. The van der Waals surface area contributed by atoms with Gasteiger partial charge in [-0.15, -0.1) is 0 Å². The van der Waals surface area contributed by atoms with Crippen LogP contribution in [0.1, 0.15) is 38.7 Å². The number of carbonyl (C=O) groups is 1. The molecule has 2 N–H and O–H groups in total. The molecule has 0 spiro atoms. The van der Waals surface area contributed by atoms with Crippen LogP contribution in [0.15, 0.2) is 36.4 Å². The second-order valence-electron chi connectivity index (χ2n) is 10.4. The van der Waals surface area contributed by atoms with E-state index in [0.29, 0.717) is 12.5 Å². The van der Waals surface area contributed by atoms with Crippen LogP contribution in [0.5, 0.6) is 0 Å². The van der Waals surface area contributed by atoms with Crippen LogP contribution in [0, 0.1) is 29.3 Å². The normalized spacial score (nSPS) is 27.0. The van der Waals surface area contributed by atoms with Gasteiger partial charge in [-0.05, 0) is 74.6 Å². The fourth-order valence-electron chi connectivity index (χ4n) is 5.57. The highest BCUT2D eigenvalue weighted by atomic mass is 32.2. The summed E-state index contributed by atoms with van der Waals surface area (Å²) in [6.07, 6.45) is 2.05. The van der Waals surface area contributed by atoms with Gasteiger partial charge in [0.2, 0.25) is 10.0 Å². The molecule has 1 saturated heterocycles. The summed E-state index contributed by atoms with van der Waals surface area (Å²) >= 11 is 0. The summed E-state index contributed by atoms with van der Waals surface area (Å²) in [5.74, 6) is -3.25. The standard InChI is InChI=1S/C26H29F3N2O4S/c1-3-36(34,35)30-24-20-13-21(20)31(25(32)26(2,33)16-7-8-16)22(24)11-14-5-4-6-19(23(14)29)15-9-17(27)12-18(28)10-15/h4-6,9-10,12,16,20-22,24,30,33H,3,7-8,11,13H2,1-2H3/t20-,21+,22+,24+,26?/m0/s1. The molecule has 5 atom stereocenters. The minimum absolute atomic E-state index is 0.00241. The Hall–Kier alpha value is -2.43. The topological polar surface area (TPSA) is 86.7 Å². The van der Waals surface area contributed by atoms with E-state index in [1.807, 2.05) is 0 Å². The Morgan fingerprint density at radius 3 is 2.44 bits per heavy atom. The molecule has 1 amide bonds. The minimum Gasteiger partial charge on any atom is -0.380 e. The van der Waals surface area contributed by atoms with E-state index >= 15 is 4.39 Å². The number of hydrogen-bond acceptors (Lipinski definition) is 4. The number of amides is 1. The summed E-state index contributed by atoms with van der Waals surface area (Å²) in [4.78, 5) is 15.1. The Balaban J connectivity index is 1.51. The fraction of sp³-hybridized carbons (Fsp3) is 0.500. The van der Waals surface area contributed by atoms with E-state index < -0.39 is 51.1 Å². The van der Waals surface area contributed by atoms with Crippen molar-refractivity contribution < 1.29 is 31.5 Å². The lowest BCUT2D eigenvalue weighted by atomic mass is 9.92. The van der Waals surface area contributed by atoms with E-state index in [9.17, 15) is 27.1 Å². The Morgan fingerprint density at radius 2 is 1.83 bits per heavy atom.